The van der Waals surface area contributed by atoms with Crippen LogP contribution in [0, 0.1) is 0 Å². The molecule has 0 spiro atoms. The summed E-state index contributed by atoms with van der Waals surface area (Å²) < 4.78 is 4.20. The van der Waals surface area contributed by atoms with Gasteiger partial charge in [0.1, 0.15) is 12.2 Å². The van der Waals surface area contributed by atoms with E-state index in [1.165, 1.54) is 15.0 Å². The smallest absolute Gasteiger partial charge is 0.325 e. The first-order valence-electron chi connectivity index (χ1n) is 2.23. The van der Waals surface area contributed by atoms with Crippen molar-refractivity contribution in [3.63, 3.8) is 0 Å². The summed E-state index contributed by atoms with van der Waals surface area (Å²) in [6.07, 6.45) is -0.115. The van der Waals surface area contributed by atoms with Crippen LogP contribution >= 0.6 is 0 Å². The van der Waals surface area contributed by atoms with E-state index in [-0.39, 0.29) is 29.0 Å². The molecule has 0 atom stereocenters. The van der Waals surface area contributed by atoms with Gasteiger partial charge in [0.15, 0.2) is 0 Å². The monoisotopic (exact) mass is 173 g/mol. The van der Waals surface area contributed by atoms with E-state index in [1.807, 2.05) is 0 Å². The van der Waals surface area contributed by atoms with Gasteiger partial charge in [-0.3, -0.25) is 9.59 Å². The number of ketones is 1. The van der Waals surface area contributed by atoms with Crippen molar-refractivity contribution in [2.75, 3.05) is 0 Å². The van der Waals surface area contributed by atoms with E-state index in [2.05, 4.69) is 4.65 Å². The van der Waals surface area contributed by atoms with Crippen LogP contribution in [0.2, 0.25) is 0 Å². The van der Waals surface area contributed by atoms with Crippen LogP contribution in [-0.4, -0.2) is 19.8 Å². The van der Waals surface area contributed by atoms with Crippen molar-refractivity contribution in [3.8, 4) is 0 Å². The molecule has 0 rings (SSSR count). The second-order valence-corrected chi connectivity index (χ2v) is 1.45. The first-order valence-corrected chi connectivity index (χ1v) is 2.23. The third-order valence-corrected chi connectivity index (χ3v) is 0.621. The van der Waals surface area contributed by atoms with Crippen LogP contribution in [0.5, 0.6) is 0 Å². The Balaban J connectivity index is 0. The molecule has 5 heteroatoms. The molecule has 1 radical (unpaired) electrons. The van der Waals surface area contributed by atoms with Gasteiger partial charge in [-0.1, -0.05) is 0 Å². The second-order valence-electron chi connectivity index (χ2n) is 1.45. The molecule has 0 saturated heterocycles. The summed E-state index contributed by atoms with van der Waals surface area (Å²) >= 11 is 0. The normalized spacial score (nSPS) is 7.22. The molecule has 0 aromatic heterocycles. The number of carbonyl (C=O) groups is 2. The Bertz CT molecular complexity index is 114. The Morgan fingerprint density at radius 3 is 2.11 bits per heavy atom. The predicted molar refractivity (Wildman–Crippen MR) is 29.9 cm³/mol. The van der Waals surface area contributed by atoms with Gasteiger partial charge in [0.05, 0.1) is 0 Å². The Hall–Kier alpha value is -0.289. The molecule has 53 valence electrons. The van der Waals surface area contributed by atoms with Gasteiger partial charge in [-0.2, -0.15) is 0 Å². The van der Waals surface area contributed by atoms with E-state index in [9.17, 15) is 9.59 Å². The van der Waals surface area contributed by atoms with Gasteiger partial charge in [0, 0.05) is 16.8 Å². The van der Waals surface area contributed by atoms with Gasteiger partial charge in [0.25, 0.3) is 5.97 Å². The fraction of sp³-hybridized carbons (Fsp3) is 0.500. The topological polar surface area (TPSA) is 43.4 Å². The summed E-state index contributed by atoms with van der Waals surface area (Å²) in [5, 5.41) is 0. The molecule has 0 aliphatic carbocycles. The fourth-order valence-corrected chi connectivity index (χ4v) is 0.275. The largest absolute Gasteiger partial charge is 0.543 e. The molecule has 0 saturated carbocycles. The first kappa shape index (κ1) is 11.5. The summed E-state index contributed by atoms with van der Waals surface area (Å²) in [6, 6.07) is 0. The van der Waals surface area contributed by atoms with Crippen LogP contribution in [-0.2, 0) is 31.0 Å². The molecule has 0 N–H and O–H groups in total. The number of hydrogen-bond donors (Lipinski definition) is 0. The third kappa shape index (κ3) is 7.71. The minimum Gasteiger partial charge on any atom is -0.543 e. The van der Waals surface area contributed by atoms with E-state index in [4.69, 9.17) is 0 Å². The molecule has 0 bridgehead atoms. The SMILES string of the molecule is BOC(=O)CC(C)=O.[Co]. The zero-order valence-electron chi connectivity index (χ0n) is 5.27. The van der Waals surface area contributed by atoms with Crippen molar-refractivity contribution in [3.05, 3.63) is 0 Å². The zero-order chi connectivity index (χ0) is 6.57. The molecular weight excluding hydrogens is 166 g/mol. The maximum atomic E-state index is 10.2. The van der Waals surface area contributed by atoms with Crippen LogP contribution in [0.4, 0.5) is 0 Å². The van der Waals surface area contributed by atoms with Crippen molar-refractivity contribution < 1.29 is 31.0 Å². The average Bonchev–Trinajstić information content (AvgIpc) is 1.65. The third-order valence-electron chi connectivity index (χ3n) is 0.621. The Labute approximate surface area is 64.8 Å². The van der Waals surface area contributed by atoms with Crippen LogP contribution in [0.3, 0.4) is 0 Å². The van der Waals surface area contributed by atoms with Gasteiger partial charge in [-0.05, 0) is 6.92 Å². The summed E-state index contributed by atoms with van der Waals surface area (Å²) in [7, 11) is 1.26. The van der Waals surface area contributed by atoms with Gasteiger partial charge in [-0.15, -0.1) is 0 Å². The Morgan fingerprint density at radius 2 is 2.00 bits per heavy atom. The van der Waals surface area contributed by atoms with Gasteiger partial charge in [0.2, 0.25) is 0 Å². The molecule has 0 fully saturated rings. The molecule has 0 aromatic rings. The van der Waals surface area contributed by atoms with Crippen molar-refractivity contribution >= 4 is 19.8 Å². The molecule has 0 aromatic carbocycles. The van der Waals surface area contributed by atoms with E-state index >= 15 is 0 Å². The number of carbonyl (C=O) groups excluding carboxylic acids is 2. The molecule has 0 aliphatic heterocycles. The molecular formula is C4H7BCoO3. The summed E-state index contributed by atoms with van der Waals surface area (Å²) in [6.45, 7) is 1.34. The average molecular weight is 173 g/mol. The summed E-state index contributed by atoms with van der Waals surface area (Å²) in [5.41, 5.74) is 0. The quantitative estimate of drug-likeness (QED) is 0.399. The van der Waals surface area contributed by atoms with E-state index in [0.717, 1.165) is 0 Å². The standard InChI is InChI=1S/C4H7BO3.Co/c1-3(6)2-4(7)8-5;/h2,5H2,1H3;. The number of rotatable bonds is 2. The fourth-order valence-electron chi connectivity index (χ4n) is 0.275. The summed E-state index contributed by atoms with van der Waals surface area (Å²) in [5.74, 6) is -0.644. The van der Waals surface area contributed by atoms with Crippen LogP contribution < -0.4 is 0 Å². The van der Waals surface area contributed by atoms with Crippen molar-refractivity contribution in [1.82, 2.24) is 0 Å². The minimum absolute atomic E-state index is 0. The van der Waals surface area contributed by atoms with Crippen molar-refractivity contribution in [2.24, 2.45) is 0 Å². The molecule has 0 amide bonds. The van der Waals surface area contributed by atoms with Crippen molar-refractivity contribution in [1.29, 1.82) is 0 Å². The number of Topliss-reactive ketones (excluding diaryl/α,β-unsaturated/α-hetero) is 1. The van der Waals surface area contributed by atoms with Crippen LogP contribution in [0.15, 0.2) is 0 Å². The predicted octanol–water partition coefficient (Wildman–Crippen LogP) is -0.946. The Kier molecular flexibility index (Phi) is 7.46. The molecule has 0 aliphatic rings. The molecule has 9 heavy (non-hydrogen) atoms. The Morgan fingerprint density at radius 1 is 1.56 bits per heavy atom. The second kappa shape index (κ2) is 5.84. The maximum absolute atomic E-state index is 10.2. The van der Waals surface area contributed by atoms with E-state index < -0.39 is 5.97 Å². The van der Waals surface area contributed by atoms with Gasteiger partial charge in [-0.25, -0.2) is 0 Å². The molecule has 3 nitrogen and oxygen atoms in total. The van der Waals surface area contributed by atoms with E-state index in [1.54, 1.807) is 0 Å². The summed E-state index contributed by atoms with van der Waals surface area (Å²) in [4.78, 5) is 20.3. The zero-order valence-corrected chi connectivity index (χ0v) is 6.31. The van der Waals surface area contributed by atoms with Gasteiger partial charge < -0.3 is 4.65 Å². The van der Waals surface area contributed by atoms with E-state index in [0.29, 0.717) is 0 Å². The van der Waals surface area contributed by atoms with Gasteiger partial charge >= 0.3 is 8.05 Å². The first-order chi connectivity index (χ1) is 3.66. The maximum Gasteiger partial charge on any atom is 0.325 e. The van der Waals surface area contributed by atoms with Crippen molar-refractivity contribution in [2.45, 2.75) is 13.3 Å². The van der Waals surface area contributed by atoms with Crippen LogP contribution in [0.1, 0.15) is 13.3 Å². The minimum atomic E-state index is -0.475. The number of hydrogen-bond acceptors (Lipinski definition) is 3. The van der Waals surface area contributed by atoms with Crippen LogP contribution in [0.25, 0.3) is 0 Å². The molecule has 0 heterocycles. The molecule has 0 unspecified atom stereocenters.